The number of methoxy groups -OCH3 is 1. The van der Waals surface area contributed by atoms with Gasteiger partial charge in [0.1, 0.15) is 5.75 Å². The number of aryl methyl sites for hydroxylation is 1. The number of benzene rings is 2. The average molecular weight is 371 g/mol. The fourth-order valence-corrected chi connectivity index (χ4v) is 2.43. The molecule has 0 atom stereocenters. The Balaban J connectivity index is 1.86. The fraction of sp³-hybridized carbons (Fsp3) is 0.211. The number of rotatable bonds is 6. The monoisotopic (exact) mass is 371 g/mol. The highest BCUT2D eigenvalue weighted by atomic mass is 32.1. The van der Waals surface area contributed by atoms with E-state index in [2.05, 4.69) is 16.0 Å². The molecule has 0 aliphatic heterocycles. The summed E-state index contributed by atoms with van der Waals surface area (Å²) in [6.45, 7) is 0. The minimum absolute atomic E-state index is 0.00891. The Hall–Kier alpha value is -2.93. The third kappa shape index (κ3) is 5.86. The molecular weight excluding hydrogens is 350 g/mol. The molecule has 136 valence electrons. The predicted molar refractivity (Wildman–Crippen MR) is 106 cm³/mol. The van der Waals surface area contributed by atoms with E-state index in [1.165, 1.54) is 0 Å². The lowest BCUT2D eigenvalue weighted by Gasteiger charge is -2.10. The van der Waals surface area contributed by atoms with Crippen LogP contribution < -0.4 is 20.7 Å². The molecule has 0 aliphatic rings. The summed E-state index contributed by atoms with van der Waals surface area (Å²) in [5.74, 6) is 0.390. The lowest BCUT2D eigenvalue weighted by atomic mass is 10.1. The van der Waals surface area contributed by atoms with Crippen molar-refractivity contribution in [2.75, 3.05) is 19.5 Å². The molecule has 3 N–H and O–H groups in total. The summed E-state index contributed by atoms with van der Waals surface area (Å²) in [7, 11) is 3.19. The predicted octanol–water partition coefficient (Wildman–Crippen LogP) is 2.50. The largest absolute Gasteiger partial charge is 0.497 e. The SMILES string of the molecule is CNC(=O)CCc1ccc(NC(=S)NC(=O)c2ccc(OC)cc2)cc1. The maximum absolute atomic E-state index is 12.2. The van der Waals surface area contributed by atoms with Crippen LogP contribution in [0.15, 0.2) is 48.5 Å². The summed E-state index contributed by atoms with van der Waals surface area (Å²) in [6, 6.07) is 14.3. The molecule has 2 amide bonds. The standard InChI is InChI=1S/C19H21N3O3S/c1-20-17(23)12-5-13-3-8-15(9-4-13)21-19(26)22-18(24)14-6-10-16(25-2)11-7-14/h3-4,6-11H,5,12H2,1-2H3,(H,20,23)(H2,21,22,24,26). The average Bonchev–Trinajstić information content (AvgIpc) is 2.67. The fourth-order valence-electron chi connectivity index (χ4n) is 2.22. The number of anilines is 1. The number of nitrogens with one attached hydrogen (secondary N) is 3. The summed E-state index contributed by atoms with van der Waals surface area (Å²) < 4.78 is 5.06. The zero-order valence-corrected chi connectivity index (χ0v) is 15.5. The zero-order valence-electron chi connectivity index (χ0n) is 14.7. The van der Waals surface area contributed by atoms with Gasteiger partial charge >= 0.3 is 0 Å². The van der Waals surface area contributed by atoms with E-state index in [9.17, 15) is 9.59 Å². The summed E-state index contributed by atoms with van der Waals surface area (Å²) in [5, 5.41) is 8.40. The Kier molecular flexibility index (Phi) is 7.11. The summed E-state index contributed by atoms with van der Waals surface area (Å²) in [6.07, 6.45) is 1.11. The summed E-state index contributed by atoms with van der Waals surface area (Å²) >= 11 is 5.17. The molecule has 0 spiro atoms. The maximum atomic E-state index is 12.2. The Morgan fingerprint density at radius 1 is 1.04 bits per heavy atom. The van der Waals surface area contributed by atoms with Crippen LogP contribution in [0.1, 0.15) is 22.3 Å². The molecule has 2 rings (SSSR count). The van der Waals surface area contributed by atoms with E-state index in [-0.39, 0.29) is 16.9 Å². The first kappa shape index (κ1) is 19.4. The van der Waals surface area contributed by atoms with Crippen LogP contribution in [-0.4, -0.2) is 31.1 Å². The van der Waals surface area contributed by atoms with Gasteiger partial charge in [-0.15, -0.1) is 0 Å². The Morgan fingerprint density at radius 3 is 2.27 bits per heavy atom. The first-order valence-electron chi connectivity index (χ1n) is 8.07. The van der Waals surface area contributed by atoms with Crippen LogP contribution in [0.25, 0.3) is 0 Å². The van der Waals surface area contributed by atoms with E-state index in [4.69, 9.17) is 17.0 Å². The van der Waals surface area contributed by atoms with Crippen molar-refractivity contribution in [2.24, 2.45) is 0 Å². The highest BCUT2D eigenvalue weighted by Crippen LogP contribution is 2.12. The lowest BCUT2D eigenvalue weighted by molar-refractivity contribution is -0.120. The molecule has 0 aromatic heterocycles. The van der Waals surface area contributed by atoms with E-state index in [0.29, 0.717) is 24.2 Å². The van der Waals surface area contributed by atoms with Crippen LogP contribution in [0, 0.1) is 0 Å². The Morgan fingerprint density at radius 2 is 1.69 bits per heavy atom. The molecule has 0 radical (unpaired) electrons. The lowest BCUT2D eigenvalue weighted by Crippen LogP contribution is -2.34. The van der Waals surface area contributed by atoms with Crippen molar-refractivity contribution in [1.82, 2.24) is 10.6 Å². The van der Waals surface area contributed by atoms with Crippen molar-refractivity contribution >= 4 is 34.8 Å². The molecule has 0 heterocycles. The normalized spacial score (nSPS) is 9.92. The molecule has 0 saturated carbocycles. The zero-order chi connectivity index (χ0) is 18.9. The molecule has 0 fully saturated rings. The van der Waals surface area contributed by atoms with Crippen LogP contribution in [0.5, 0.6) is 5.75 Å². The van der Waals surface area contributed by atoms with Gasteiger partial charge in [0.25, 0.3) is 5.91 Å². The van der Waals surface area contributed by atoms with Crippen LogP contribution in [-0.2, 0) is 11.2 Å². The van der Waals surface area contributed by atoms with Crippen LogP contribution >= 0.6 is 12.2 Å². The molecule has 0 aliphatic carbocycles. The van der Waals surface area contributed by atoms with Gasteiger partial charge in [-0.25, -0.2) is 0 Å². The molecule has 2 aromatic carbocycles. The van der Waals surface area contributed by atoms with E-state index in [1.807, 2.05) is 24.3 Å². The van der Waals surface area contributed by atoms with E-state index < -0.39 is 0 Å². The van der Waals surface area contributed by atoms with Gasteiger partial charge in [-0.1, -0.05) is 12.1 Å². The van der Waals surface area contributed by atoms with Gasteiger partial charge in [-0.05, 0) is 60.6 Å². The number of ether oxygens (including phenoxy) is 1. The van der Waals surface area contributed by atoms with E-state index in [0.717, 1.165) is 11.3 Å². The number of hydrogen-bond acceptors (Lipinski definition) is 4. The molecule has 0 bridgehead atoms. The van der Waals surface area contributed by atoms with Crippen molar-refractivity contribution in [2.45, 2.75) is 12.8 Å². The van der Waals surface area contributed by atoms with Crippen LogP contribution in [0.2, 0.25) is 0 Å². The Labute approximate surface area is 157 Å². The quantitative estimate of drug-likeness (QED) is 0.680. The minimum atomic E-state index is -0.299. The van der Waals surface area contributed by atoms with E-state index in [1.54, 1.807) is 38.4 Å². The highest BCUT2D eigenvalue weighted by Gasteiger charge is 2.08. The number of hydrogen-bond donors (Lipinski definition) is 3. The third-order valence-electron chi connectivity index (χ3n) is 3.71. The van der Waals surface area contributed by atoms with Gasteiger partial charge in [-0.2, -0.15) is 0 Å². The number of carbonyl (C=O) groups is 2. The number of carbonyl (C=O) groups excluding carboxylic acids is 2. The van der Waals surface area contributed by atoms with Crippen molar-refractivity contribution < 1.29 is 14.3 Å². The van der Waals surface area contributed by atoms with Gasteiger partial charge in [0, 0.05) is 24.7 Å². The molecule has 0 unspecified atom stereocenters. The van der Waals surface area contributed by atoms with E-state index >= 15 is 0 Å². The second-order valence-corrected chi connectivity index (χ2v) is 5.92. The molecule has 6 nitrogen and oxygen atoms in total. The maximum Gasteiger partial charge on any atom is 0.257 e. The van der Waals surface area contributed by atoms with Crippen molar-refractivity contribution in [3.05, 3.63) is 59.7 Å². The summed E-state index contributed by atoms with van der Waals surface area (Å²) in [5.41, 5.74) is 2.29. The van der Waals surface area contributed by atoms with Crippen LogP contribution in [0.4, 0.5) is 5.69 Å². The minimum Gasteiger partial charge on any atom is -0.497 e. The first-order valence-corrected chi connectivity index (χ1v) is 8.48. The molecule has 0 saturated heterocycles. The second-order valence-electron chi connectivity index (χ2n) is 5.51. The second kappa shape index (κ2) is 9.53. The van der Waals surface area contributed by atoms with Gasteiger partial charge in [0.2, 0.25) is 5.91 Å². The van der Waals surface area contributed by atoms with Crippen molar-refractivity contribution in [1.29, 1.82) is 0 Å². The van der Waals surface area contributed by atoms with Crippen LogP contribution in [0.3, 0.4) is 0 Å². The number of amides is 2. The summed E-state index contributed by atoms with van der Waals surface area (Å²) in [4.78, 5) is 23.4. The van der Waals surface area contributed by atoms with Crippen molar-refractivity contribution in [3.8, 4) is 5.75 Å². The smallest absolute Gasteiger partial charge is 0.257 e. The van der Waals surface area contributed by atoms with Crippen molar-refractivity contribution in [3.63, 3.8) is 0 Å². The third-order valence-corrected chi connectivity index (χ3v) is 3.91. The first-order chi connectivity index (χ1) is 12.5. The highest BCUT2D eigenvalue weighted by molar-refractivity contribution is 7.80. The van der Waals surface area contributed by atoms with Gasteiger partial charge in [-0.3, -0.25) is 14.9 Å². The Bertz CT molecular complexity index is 774. The van der Waals surface area contributed by atoms with Gasteiger partial charge < -0.3 is 15.4 Å². The molecular formula is C19H21N3O3S. The number of thiocarbonyl (C=S) groups is 1. The molecule has 2 aromatic rings. The topological polar surface area (TPSA) is 79.5 Å². The van der Waals surface area contributed by atoms with Gasteiger partial charge in [0.15, 0.2) is 5.11 Å². The molecule has 7 heteroatoms. The molecule has 26 heavy (non-hydrogen) atoms. The van der Waals surface area contributed by atoms with Gasteiger partial charge in [0.05, 0.1) is 7.11 Å².